The van der Waals surface area contributed by atoms with Gasteiger partial charge in [0.1, 0.15) is 6.61 Å². The van der Waals surface area contributed by atoms with Crippen molar-refractivity contribution < 1.29 is 14.3 Å². The highest BCUT2D eigenvalue weighted by Gasteiger charge is 2.34. The van der Waals surface area contributed by atoms with Gasteiger partial charge in [0, 0.05) is 18.8 Å². The summed E-state index contributed by atoms with van der Waals surface area (Å²) >= 11 is 0. The summed E-state index contributed by atoms with van der Waals surface area (Å²) in [6.45, 7) is 0.938. The van der Waals surface area contributed by atoms with Gasteiger partial charge in [0.25, 0.3) is 5.91 Å². The number of nitrogens with two attached hydrogens (primary N) is 1. The van der Waals surface area contributed by atoms with Crippen LogP contribution in [0.2, 0.25) is 0 Å². The molecule has 2 N–H and O–H groups in total. The summed E-state index contributed by atoms with van der Waals surface area (Å²) in [6, 6.07) is 13.3. The minimum atomic E-state index is -0.0720. The fourth-order valence-corrected chi connectivity index (χ4v) is 3.41. The molecule has 0 aromatic heterocycles. The van der Waals surface area contributed by atoms with E-state index >= 15 is 0 Å². The highest BCUT2D eigenvalue weighted by atomic mass is 16.5. The van der Waals surface area contributed by atoms with Crippen LogP contribution in [0, 0.1) is 0 Å². The molecule has 0 bridgehead atoms. The van der Waals surface area contributed by atoms with Crippen molar-refractivity contribution in [1.29, 1.82) is 0 Å². The molecule has 6 heteroatoms. The van der Waals surface area contributed by atoms with Gasteiger partial charge in [-0.2, -0.15) is 0 Å². The van der Waals surface area contributed by atoms with Gasteiger partial charge < -0.3 is 20.1 Å². The molecule has 2 aliphatic rings. The van der Waals surface area contributed by atoms with Gasteiger partial charge in [-0.25, -0.2) is 0 Å². The summed E-state index contributed by atoms with van der Waals surface area (Å²) in [5.41, 5.74) is 8.83. The molecular weight excluding hydrogens is 342 g/mol. The van der Waals surface area contributed by atoms with Crippen molar-refractivity contribution >= 4 is 17.8 Å². The molecule has 1 saturated heterocycles. The van der Waals surface area contributed by atoms with E-state index in [9.17, 15) is 4.79 Å². The molecular formula is C21H21N3O3. The summed E-state index contributed by atoms with van der Waals surface area (Å²) in [5, 5.41) is 0. The van der Waals surface area contributed by atoms with Crippen LogP contribution in [0.3, 0.4) is 0 Å². The van der Waals surface area contributed by atoms with Crippen molar-refractivity contribution in [1.82, 2.24) is 4.90 Å². The van der Waals surface area contributed by atoms with Crippen LogP contribution in [0.1, 0.15) is 22.3 Å². The van der Waals surface area contributed by atoms with Gasteiger partial charge >= 0.3 is 0 Å². The van der Waals surface area contributed by atoms with Crippen molar-refractivity contribution in [2.75, 3.05) is 13.7 Å². The lowest BCUT2D eigenvalue weighted by Crippen LogP contribution is -2.35. The highest BCUT2D eigenvalue weighted by molar-refractivity contribution is 6.03. The number of nitrogens with zero attached hydrogens (tertiary/aromatic N) is 2. The zero-order valence-electron chi connectivity index (χ0n) is 15.1. The van der Waals surface area contributed by atoms with E-state index in [1.165, 1.54) is 0 Å². The third-order valence-corrected chi connectivity index (χ3v) is 4.88. The lowest BCUT2D eigenvalue weighted by Gasteiger charge is -2.20. The van der Waals surface area contributed by atoms with Crippen molar-refractivity contribution in [3.05, 3.63) is 65.4 Å². The molecule has 1 unspecified atom stereocenters. The molecule has 1 fully saturated rings. The zero-order valence-corrected chi connectivity index (χ0v) is 15.1. The van der Waals surface area contributed by atoms with Gasteiger partial charge in [0.2, 0.25) is 0 Å². The molecule has 0 spiro atoms. The average Bonchev–Trinajstić information content (AvgIpc) is 3.09. The monoisotopic (exact) mass is 363 g/mol. The van der Waals surface area contributed by atoms with Crippen LogP contribution in [0.4, 0.5) is 5.69 Å². The summed E-state index contributed by atoms with van der Waals surface area (Å²) in [5.74, 6) is 1.01. The maximum absolute atomic E-state index is 13.0. The number of hydrogen-bond acceptors (Lipinski definition) is 5. The Balaban J connectivity index is 1.65. The number of carbonyl (C=O) groups is 1. The summed E-state index contributed by atoms with van der Waals surface area (Å²) in [6.07, 6.45) is 4.11. The van der Waals surface area contributed by atoms with Gasteiger partial charge in [-0.1, -0.05) is 30.3 Å². The average molecular weight is 363 g/mol. The largest absolute Gasteiger partial charge is 0.493 e. The molecule has 0 radical (unpaired) electrons. The Morgan fingerprint density at radius 1 is 1.26 bits per heavy atom. The van der Waals surface area contributed by atoms with E-state index in [-0.39, 0.29) is 11.9 Å². The summed E-state index contributed by atoms with van der Waals surface area (Å²) < 4.78 is 11.4. The predicted octanol–water partition coefficient (Wildman–Crippen LogP) is 3.05. The lowest BCUT2D eigenvalue weighted by molar-refractivity contribution is 0.0777. The highest BCUT2D eigenvalue weighted by Crippen LogP contribution is 2.38. The van der Waals surface area contributed by atoms with Crippen LogP contribution in [0.25, 0.3) is 0 Å². The van der Waals surface area contributed by atoms with Crippen molar-refractivity contribution in [2.45, 2.75) is 19.1 Å². The van der Waals surface area contributed by atoms with E-state index in [4.69, 9.17) is 15.2 Å². The second-order valence-electron chi connectivity index (χ2n) is 6.60. The van der Waals surface area contributed by atoms with Gasteiger partial charge in [0.05, 0.1) is 24.4 Å². The number of carbonyl (C=O) groups excluding carboxylic acids is 1. The Bertz CT molecular complexity index is 922. The first-order valence-electron chi connectivity index (χ1n) is 8.83. The Kier molecular flexibility index (Phi) is 4.54. The predicted molar refractivity (Wildman–Crippen MR) is 104 cm³/mol. The van der Waals surface area contributed by atoms with E-state index in [0.29, 0.717) is 42.3 Å². The van der Waals surface area contributed by atoms with Gasteiger partial charge in [-0.3, -0.25) is 9.79 Å². The number of methoxy groups -OCH3 is 1. The normalized spacial score (nSPS) is 19.6. The van der Waals surface area contributed by atoms with Crippen molar-refractivity contribution in [3.63, 3.8) is 0 Å². The number of fused-ring (bicyclic) bond motifs is 2. The minimum absolute atomic E-state index is 0.0700. The van der Waals surface area contributed by atoms with E-state index in [0.717, 1.165) is 11.1 Å². The molecule has 1 amide bonds. The number of benzene rings is 2. The molecule has 2 aromatic rings. The molecule has 138 valence electrons. The standard InChI is InChI=1S/C21H21N3O3/c1-26-19-8-17-18(9-20(19)27-13-14-5-3-2-4-6-14)23-11-16-7-15(10-22)12-24(16)21(17)25/h2-6,8-11,16H,7,12-13,22H2,1H3/b15-10+. The van der Waals surface area contributed by atoms with Gasteiger partial charge in [0.15, 0.2) is 11.5 Å². The van der Waals surface area contributed by atoms with Crippen LogP contribution in [-0.2, 0) is 6.61 Å². The van der Waals surface area contributed by atoms with Crippen LogP contribution < -0.4 is 15.2 Å². The quantitative estimate of drug-likeness (QED) is 0.906. The maximum atomic E-state index is 13.0. The molecule has 0 saturated carbocycles. The summed E-state index contributed by atoms with van der Waals surface area (Å²) in [4.78, 5) is 19.4. The zero-order chi connectivity index (χ0) is 18.8. The van der Waals surface area contributed by atoms with Crippen molar-refractivity contribution in [3.8, 4) is 11.5 Å². The molecule has 1 atom stereocenters. The number of rotatable bonds is 4. The first-order valence-corrected chi connectivity index (χ1v) is 8.83. The Hall–Kier alpha value is -3.28. The first kappa shape index (κ1) is 17.1. The molecule has 2 heterocycles. The molecule has 2 aromatic carbocycles. The number of hydrogen-bond donors (Lipinski definition) is 1. The van der Waals surface area contributed by atoms with E-state index in [2.05, 4.69) is 4.99 Å². The fourth-order valence-electron chi connectivity index (χ4n) is 3.41. The minimum Gasteiger partial charge on any atom is -0.493 e. The summed E-state index contributed by atoms with van der Waals surface area (Å²) in [7, 11) is 1.56. The van der Waals surface area contributed by atoms with Crippen LogP contribution in [0.5, 0.6) is 11.5 Å². The number of amides is 1. The second kappa shape index (κ2) is 7.15. The first-order chi connectivity index (χ1) is 13.2. The smallest absolute Gasteiger partial charge is 0.257 e. The number of aliphatic imine (C=N–C) groups is 1. The Labute approximate surface area is 157 Å². The Morgan fingerprint density at radius 3 is 2.81 bits per heavy atom. The van der Waals surface area contributed by atoms with Crippen LogP contribution in [0.15, 0.2) is 59.2 Å². The van der Waals surface area contributed by atoms with Crippen LogP contribution >= 0.6 is 0 Å². The van der Waals surface area contributed by atoms with Gasteiger partial charge in [-0.15, -0.1) is 0 Å². The molecule has 4 rings (SSSR count). The Morgan fingerprint density at radius 2 is 2.07 bits per heavy atom. The van der Waals surface area contributed by atoms with Gasteiger partial charge in [-0.05, 0) is 29.8 Å². The molecule has 0 aliphatic carbocycles. The van der Waals surface area contributed by atoms with Crippen molar-refractivity contribution in [2.24, 2.45) is 10.7 Å². The maximum Gasteiger partial charge on any atom is 0.257 e. The molecule has 27 heavy (non-hydrogen) atoms. The van der Waals surface area contributed by atoms with E-state index in [1.807, 2.05) is 36.5 Å². The third kappa shape index (κ3) is 3.26. The van der Waals surface area contributed by atoms with E-state index < -0.39 is 0 Å². The van der Waals surface area contributed by atoms with E-state index in [1.54, 1.807) is 30.3 Å². The molecule has 6 nitrogen and oxygen atoms in total. The SMILES string of the molecule is COc1cc2c(cc1OCc1ccccc1)N=CC1C/C(=C\N)CN1C2=O. The third-order valence-electron chi connectivity index (χ3n) is 4.88. The second-order valence-corrected chi connectivity index (χ2v) is 6.60. The van der Waals surface area contributed by atoms with Crippen LogP contribution in [-0.4, -0.2) is 36.7 Å². The lowest BCUT2D eigenvalue weighted by atomic mass is 10.1. The molecule has 2 aliphatic heterocycles. The topological polar surface area (TPSA) is 77.2 Å². The number of ether oxygens (including phenoxy) is 2. The fraction of sp³-hybridized carbons (Fsp3) is 0.238.